The zero-order chi connectivity index (χ0) is 20.4. The van der Waals surface area contributed by atoms with Crippen molar-refractivity contribution in [3.63, 3.8) is 0 Å². The second-order valence-electron chi connectivity index (χ2n) is 6.46. The maximum absolute atomic E-state index is 13.3. The second kappa shape index (κ2) is 8.54. The molecular formula is C17H20F2N2O4S3. The smallest absolute Gasteiger partial charge is 0.211 e. The van der Waals surface area contributed by atoms with E-state index in [0.717, 1.165) is 36.3 Å². The van der Waals surface area contributed by atoms with E-state index in [0.29, 0.717) is 19.0 Å². The fourth-order valence-electron chi connectivity index (χ4n) is 3.19. The number of thiophene rings is 1. The molecule has 1 N–H and O–H groups in total. The summed E-state index contributed by atoms with van der Waals surface area (Å²) in [5.41, 5.74) is 0. The molecule has 1 unspecified atom stereocenters. The van der Waals surface area contributed by atoms with E-state index in [1.54, 1.807) is 17.5 Å². The largest absolute Gasteiger partial charge is 0.252 e. The fourth-order valence-corrected chi connectivity index (χ4v) is 7.09. The van der Waals surface area contributed by atoms with Gasteiger partial charge in [0.2, 0.25) is 10.0 Å². The van der Waals surface area contributed by atoms with Crippen LogP contribution in [0.3, 0.4) is 0 Å². The van der Waals surface area contributed by atoms with Gasteiger partial charge in [-0.05, 0) is 48.9 Å². The number of hydrogen-bond donors (Lipinski definition) is 1. The van der Waals surface area contributed by atoms with Crippen LogP contribution in [0.15, 0.2) is 44.8 Å². The van der Waals surface area contributed by atoms with Gasteiger partial charge in [0.05, 0.1) is 4.90 Å². The van der Waals surface area contributed by atoms with Gasteiger partial charge in [0.15, 0.2) is 11.6 Å². The average Bonchev–Trinajstić information content (AvgIpc) is 3.20. The summed E-state index contributed by atoms with van der Waals surface area (Å²) in [6.07, 6.45) is 2.53. The minimum absolute atomic E-state index is 0.0115. The highest BCUT2D eigenvalue weighted by Crippen LogP contribution is 2.29. The molecule has 0 saturated carbocycles. The van der Waals surface area contributed by atoms with Crippen LogP contribution in [0.1, 0.15) is 25.7 Å². The first-order valence-electron chi connectivity index (χ1n) is 8.72. The van der Waals surface area contributed by atoms with Crippen LogP contribution in [0.25, 0.3) is 0 Å². The Bertz CT molecular complexity index is 1020. The van der Waals surface area contributed by atoms with Crippen LogP contribution in [0.4, 0.5) is 8.78 Å². The highest BCUT2D eigenvalue weighted by atomic mass is 32.2. The van der Waals surface area contributed by atoms with Crippen molar-refractivity contribution in [2.75, 3.05) is 13.1 Å². The monoisotopic (exact) mass is 450 g/mol. The van der Waals surface area contributed by atoms with Crippen LogP contribution in [0.5, 0.6) is 0 Å². The lowest BCUT2D eigenvalue weighted by Gasteiger charge is -2.34. The molecule has 1 aromatic carbocycles. The Hall–Kier alpha value is -1.40. The van der Waals surface area contributed by atoms with Crippen molar-refractivity contribution in [3.05, 3.63) is 47.3 Å². The minimum atomic E-state index is -4.02. The zero-order valence-corrected chi connectivity index (χ0v) is 17.3. The van der Waals surface area contributed by atoms with Crippen LogP contribution >= 0.6 is 11.3 Å². The van der Waals surface area contributed by atoms with Crippen molar-refractivity contribution >= 4 is 31.4 Å². The van der Waals surface area contributed by atoms with Gasteiger partial charge in [0, 0.05) is 19.1 Å². The van der Waals surface area contributed by atoms with E-state index < -0.39 is 31.7 Å². The van der Waals surface area contributed by atoms with Crippen LogP contribution < -0.4 is 4.72 Å². The molecular weight excluding hydrogens is 430 g/mol. The Morgan fingerprint density at radius 1 is 1.11 bits per heavy atom. The van der Waals surface area contributed by atoms with E-state index in [9.17, 15) is 25.6 Å². The molecule has 154 valence electrons. The predicted molar refractivity (Wildman–Crippen MR) is 102 cm³/mol. The normalized spacial score (nSPS) is 19.0. The third-order valence-corrected chi connectivity index (χ3v) is 9.39. The molecule has 0 radical (unpaired) electrons. The SMILES string of the molecule is O=S(=O)(NCCC1CCCCN1S(=O)(=O)c1cccs1)c1ccc(F)c(F)c1. The van der Waals surface area contributed by atoms with Crippen molar-refractivity contribution < 1.29 is 25.6 Å². The maximum atomic E-state index is 13.3. The molecule has 1 aliphatic heterocycles. The van der Waals surface area contributed by atoms with E-state index in [2.05, 4.69) is 4.72 Å². The van der Waals surface area contributed by atoms with Gasteiger partial charge in [0.25, 0.3) is 10.0 Å². The predicted octanol–water partition coefficient (Wildman–Crippen LogP) is 2.94. The molecule has 1 saturated heterocycles. The molecule has 2 aromatic rings. The lowest BCUT2D eigenvalue weighted by Crippen LogP contribution is -2.44. The molecule has 6 nitrogen and oxygen atoms in total. The number of sulfonamides is 2. The standard InChI is InChI=1S/C17H20F2N2O4S3/c18-15-7-6-14(12-16(15)19)27(22,23)20-9-8-13-4-1-2-10-21(13)28(24,25)17-5-3-11-26-17/h3,5-7,11-13,20H,1-2,4,8-10H2. The Labute approximate surface area is 167 Å². The summed E-state index contributed by atoms with van der Waals surface area (Å²) in [4.78, 5) is -0.377. The molecule has 3 rings (SSSR count). The molecule has 0 spiro atoms. The first kappa shape index (κ1) is 21.3. The highest BCUT2D eigenvalue weighted by molar-refractivity contribution is 7.91. The van der Waals surface area contributed by atoms with Gasteiger partial charge in [-0.15, -0.1) is 11.3 Å². The van der Waals surface area contributed by atoms with Crippen molar-refractivity contribution in [2.24, 2.45) is 0 Å². The number of nitrogens with zero attached hydrogens (tertiary/aromatic N) is 1. The summed E-state index contributed by atoms with van der Waals surface area (Å²) in [7, 11) is -7.63. The summed E-state index contributed by atoms with van der Waals surface area (Å²) in [6.45, 7) is 0.378. The van der Waals surface area contributed by atoms with E-state index >= 15 is 0 Å². The van der Waals surface area contributed by atoms with Crippen LogP contribution in [0.2, 0.25) is 0 Å². The lowest BCUT2D eigenvalue weighted by molar-refractivity contribution is 0.242. The third kappa shape index (κ3) is 4.60. The fraction of sp³-hybridized carbons (Fsp3) is 0.412. The molecule has 1 fully saturated rings. The Kier molecular flexibility index (Phi) is 6.50. The third-order valence-electron chi connectivity index (χ3n) is 4.60. The number of piperidine rings is 1. The number of rotatable bonds is 7. The number of halogens is 2. The molecule has 28 heavy (non-hydrogen) atoms. The highest BCUT2D eigenvalue weighted by Gasteiger charge is 2.34. The number of benzene rings is 1. The Morgan fingerprint density at radius 3 is 2.57 bits per heavy atom. The summed E-state index contributed by atoms with van der Waals surface area (Å²) in [6, 6.07) is 5.25. The summed E-state index contributed by atoms with van der Waals surface area (Å²) >= 11 is 1.15. The van der Waals surface area contributed by atoms with E-state index in [-0.39, 0.29) is 28.1 Å². The van der Waals surface area contributed by atoms with Gasteiger partial charge in [-0.3, -0.25) is 0 Å². The molecule has 0 amide bonds. The topological polar surface area (TPSA) is 83.6 Å². The van der Waals surface area contributed by atoms with Crippen molar-refractivity contribution in [2.45, 2.75) is 40.8 Å². The molecule has 0 aliphatic carbocycles. The number of nitrogens with one attached hydrogen (secondary N) is 1. The zero-order valence-electron chi connectivity index (χ0n) is 14.8. The summed E-state index contributed by atoms with van der Waals surface area (Å²) in [5.74, 6) is -2.38. The van der Waals surface area contributed by atoms with Crippen molar-refractivity contribution in [1.82, 2.24) is 9.03 Å². The van der Waals surface area contributed by atoms with Gasteiger partial charge in [0.1, 0.15) is 4.21 Å². The van der Waals surface area contributed by atoms with Crippen LogP contribution in [0, 0.1) is 11.6 Å². The molecule has 2 heterocycles. The summed E-state index contributed by atoms with van der Waals surface area (Å²) < 4.78 is 80.6. The number of hydrogen-bond acceptors (Lipinski definition) is 5. The molecule has 1 aromatic heterocycles. The van der Waals surface area contributed by atoms with Gasteiger partial charge in [-0.25, -0.2) is 30.3 Å². The second-order valence-corrected chi connectivity index (χ2v) is 11.3. The van der Waals surface area contributed by atoms with Gasteiger partial charge in [-0.1, -0.05) is 12.5 Å². The first-order chi connectivity index (χ1) is 13.2. The molecule has 0 bridgehead atoms. The van der Waals surface area contributed by atoms with Crippen LogP contribution in [-0.2, 0) is 20.0 Å². The quantitative estimate of drug-likeness (QED) is 0.703. The molecule has 1 atom stereocenters. The van der Waals surface area contributed by atoms with Crippen molar-refractivity contribution in [3.8, 4) is 0 Å². The van der Waals surface area contributed by atoms with Gasteiger partial charge in [-0.2, -0.15) is 4.31 Å². The van der Waals surface area contributed by atoms with Gasteiger partial charge < -0.3 is 0 Å². The minimum Gasteiger partial charge on any atom is -0.211 e. The average molecular weight is 451 g/mol. The van der Waals surface area contributed by atoms with E-state index in [1.165, 1.54) is 4.31 Å². The molecule has 11 heteroatoms. The van der Waals surface area contributed by atoms with Crippen LogP contribution in [-0.4, -0.2) is 40.3 Å². The van der Waals surface area contributed by atoms with E-state index in [1.807, 2.05) is 0 Å². The first-order valence-corrected chi connectivity index (χ1v) is 12.5. The summed E-state index contributed by atoms with van der Waals surface area (Å²) in [5, 5.41) is 1.70. The maximum Gasteiger partial charge on any atom is 0.252 e. The lowest BCUT2D eigenvalue weighted by atomic mass is 10.0. The molecule has 1 aliphatic rings. The van der Waals surface area contributed by atoms with Gasteiger partial charge >= 0.3 is 0 Å². The van der Waals surface area contributed by atoms with Crippen molar-refractivity contribution in [1.29, 1.82) is 0 Å². The van der Waals surface area contributed by atoms with E-state index in [4.69, 9.17) is 0 Å². The Morgan fingerprint density at radius 2 is 1.89 bits per heavy atom. The Balaban J connectivity index is 1.67.